The van der Waals surface area contributed by atoms with Gasteiger partial charge in [-0.2, -0.15) is 0 Å². The summed E-state index contributed by atoms with van der Waals surface area (Å²) in [4.78, 5) is 13.4. The molecule has 20 heavy (non-hydrogen) atoms. The Morgan fingerprint density at radius 1 is 1.20 bits per heavy atom. The van der Waals surface area contributed by atoms with Crippen LogP contribution in [0.4, 0.5) is 11.4 Å². The number of hydrogen-bond acceptors (Lipinski definition) is 4. The minimum absolute atomic E-state index is 0.302. The van der Waals surface area contributed by atoms with Gasteiger partial charge in [0.2, 0.25) is 5.91 Å². The molecular formula is C15H23N3O2. The number of carbonyl (C=O) groups is 1. The molecule has 110 valence electrons. The lowest BCUT2D eigenvalue weighted by Gasteiger charge is -2.15. The normalized spacial score (nSPS) is 14.8. The number of hydrogen-bond donors (Lipinski definition) is 2. The van der Waals surface area contributed by atoms with Crippen LogP contribution in [0.3, 0.4) is 0 Å². The highest BCUT2D eigenvalue weighted by molar-refractivity contribution is 5.77. The standard InChI is InChI=1S/C15H23N3O2/c16-12-6-7-14(13(17)11-12)20-10-3-1-2-8-18-9-4-5-15(18)19/h6-7,11H,1-5,8-10,16-17H2. The third-order valence-electron chi connectivity index (χ3n) is 3.54. The molecule has 1 saturated heterocycles. The van der Waals surface area contributed by atoms with Crippen LogP contribution < -0.4 is 16.2 Å². The second-order valence-electron chi connectivity index (χ2n) is 5.19. The fraction of sp³-hybridized carbons (Fsp3) is 0.533. The van der Waals surface area contributed by atoms with Crippen molar-refractivity contribution in [1.29, 1.82) is 0 Å². The van der Waals surface area contributed by atoms with Gasteiger partial charge in [-0.05, 0) is 43.9 Å². The van der Waals surface area contributed by atoms with E-state index in [9.17, 15) is 4.79 Å². The van der Waals surface area contributed by atoms with Crippen molar-refractivity contribution >= 4 is 17.3 Å². The van der Waals surface area contributed by atoms with E-state index in [1.54, 1.807) is 18.2 Å². The fourth-order valence-corrected chi connectivity index (χ4v) is 2.40. The van der Waals surface area contributed by atoms with E-state index < -0.39 is 0 Å². The summed E-state index contributed by atoms with van der Waals surface area (Å²) in [6, 6.07) is 5.28. The number of nitrogens with zero attached hydrogens (tertiary/aromatic N) is 1. The Hall–Kier alpha value is -1.91. The van der Waals surface area contributed by atoms with Crippen molar-refractivity contribution in [2.24, 2.45) is 0 Å². The summed E-state index contributed by atoms with van der Waals surface area (Å²) >= 11 is 0. The van der Waals surface area contributed by atoms with Crippen LogP contribution in [0.5, 0.6) is 5.75 Å². The van der Waals surface area contributed by atoms with Gasteiger partial charge in [0, 0.05) is 25.2 Å². The van der Waals surface area contributed by atoms with Crippen LogP contribution in [0.2, 0.25) is 0 Å². The van der Waals surface area contributed by atoms with Gasteiger partial charge >= 0.3 is 0 Å². The first kappa shape index (κ1) is 14.5. The first-order valence-electron chi connectivity index (χ1n) is 7.22. The van der Waals surface area contributed by atoms with Gasteiger partial charge in [0.05, 0.1) is 12.3 Å². The molecule has 2 rings (SSSR count). The van der Waals surface area contributed by atoms with Crippen LogP contribution in [0, 0.1) is 0 Å². The Labute approximate surface area is 119 Å². The number of rotatable bonds is 7. The molecule has 5 heteroatoms. The van der Waals surface area contributed by atoms with Crippen LogP contribution >= 0.6 is 0 Å². The van der Waals surface area contributed by atoms with Crippen molar-refractivity contribution < 1.29 is 9.53 Å². The summed E-state index contributed by atoms with van der Waals surface area (Å²) < 4.78 is 5.62. The summed E-state index contributed by atoms with van der Waals surface area (Å²) in [7, 11) is 0. The number of nitrogen functional groups attached to an aromatic ring is 2. The highest BCUT2D eigenvalue weighted by Gasteiger charge is 2.18. The molecule has 0 aromatic heterocycles. The highest BCUT2D eigenvalue weighted by atomic mass is 16.5. The summed E-state index contributed by atoms with van der Waals surface area (Å²) in [5.74, 6) is 0.991. The molecule has 4 N–H and O–H groups in total. The van der Waals surface area contributed by atoms with Gasteiger partial charge in [-0.25, -0.2) is 0 Å². The molecule has 1 aromatic rings. The van der Waals surface area contributed by atoms with Gasteiger partial charge in [-0.3, -0.25) is 4.79 Å². The Balaban J connectivity index is 1.58. The van der Waals surface area contributed by atoms with E-state index in [4.69, 9.17) is 16.2 Å². The van der Waals surface area contributed by atoms with E-state index in [0.717, 1.165) is 45.2 Å². The average molecular weight is 277 g/mol. The van der Waals surface area contributed by atoms with Crippen molar-refractivity contribution in [3.63, 3.8) is 0 Å². The molecule has 0 unspecified atom stereocenters. The zero-order valence-electron chi connectivity index (χ0n) is 11.8. The number of likely N-dealkylation sites (tertiary alicyclic amines) is 1. The number of anilines is 2. The number of ether oxygens (including phenoxy) is 1. The molecule has 1 heterocycles. The zero-order chi connectivity index (χ0) is 14.4. The molecule has 0 atom stereocenters. The lowest BCUT2D eigenvalue weighted by atomic mass is 10.2. The minimum Gasteiger partial charge on any atom is -0.491 e. The van der Waals surface area contributed by atoms with E-state index >= 15 is 0 Å². The molecule has 0 aliphatic carbocycles. The largest absolute Gasteiger partial charge is 0.491 e. The topological polar surface area (TPSA) is 81.6 Å². The third kappa shape index (κ3) is 4.05. The van der Waals surface area contributed by atoms with Crippen LogP contribution in [-0.2, 0) is 4.79 Å². The molecule has 0 radical (unpaired) electrons. The quantitative estimate of drug-likeness (QED) is 0.590. The number of benzene rings is 1. The van der Waals surface area contributed by atoms with Crippen molar-refractivity contribution in [3.8, 4) is 5.75 Å². The monoisotopic (exact) mass is 277 g/mol. The first-order valence-corrected chi connectivity index (χ1v) is 7.22. The van der Waals surface area contributed by atoms with Crippen molar-refractivity contribution in [2.75, 3.05) is 31.2 Å². The van der Waals surface area contributed by atoms with E-state index in [1.807, 2.05) is 4.90 Å². The second-order valence-corrected chi connectivity index (χ2v) is 5.19. The molecule has 5 nitrogen and oxygen atoms in total. The predicted octanol–water partition coefficient (Wildman–Crippen LogP) is 2.02. The van der Waals surface area contributed by atoms with E-state index in [1.165, 1.54) is 0 Å². The first-order chi connectivity index (χ1) is 9.66. The SMILES string of the molecule is Nc1ccc(OCCCCCN2CCCC2=O)c(N)c1. The molecule has 1 aliphatic heterocycles. The summed E-state index contributed by atoms with van der Waals surface area (Å²) in [5.41, 5.74) is 12.7. The van der Waals surface area contributed by atoms with Crippen molar-refractivity contribution in [3.05, 3.63) is 18.2 Å². The number of unbranched alkanes of at least 4 members (excludes halogenated alkanes) is 2. The Bertz CT molecular complexity index is 462. The molecular weight excluding hydrogens is 254 g/mol. The summed E-state index contributed by atoms with van der Waals surface area (Å²) in [5, 5.41) is 0. The number of nitrogens with two attached hydrogens (primary N) is 2. The maximum Gasteiger partial charge on any atom is 0.222 e. The summed E-state index contributed by atoms with van der Waals surface area (Å²) in [6.07, 6.45) is 4.79. The van der Waals surface area contributed by atoms with Gasteiger partial charge < -0.3 is 21.1 Å². The average Bonchev–Trinajstić information content (AvgIpc) is 2.81. The number of amides is 1. The van der Waals surface area contributed by atoms with E-state index in [2.05, 4.69) is 0 Å². The van der Waals surface area contributed by atoms with Crippen molar-refractivity contribution in [2.45, 2.75) is 32.1 Å². The van der Waals surface area contributed by atoms with Crippen LogP contribution in [0.25, 0.3) is 0 Å². The van der Waals surface area contributed by atoms with Crippen molar-refractivity contribution in [1.82, 2.24) is 4.90 Å². The molecule has 1 amide bonds. The van der Waals surface area contributed by atoms with Gasteiger partial charge in [-0.1, -0.05) is 0 Å². The molecule has 1 aliphatic rings. The highest BCUT2D eigenvalue weighted by Crippen LogP contribution is 2.23. The van der Waals surface area contributed by atoms with Crippen LogP contribution in [-0.4, -0.2) is 30.5 Å². The molecule has 1 fully saturated rings. The Morgan fingerprint density at radius 2 is 2.05 bits per heavy atom. The van der Waals surface area contributed by atoms with E-state index in [-0.39, 0.29) is 0 Å². The maximum absolute atomic E-state index is 11.4. The lowest BCUT2D eigenvalue weighted by Crippen LogP contribution is -2.25. The number of carbonyl (C=O) groups excluding carboxylic acids is 1. The van der Waals surface area contributed by atoms with Crippen LogP contribution in [0.1, 0.15) is 32.1 Å². The predicted molar refractivity (Wildman–Crippen MR) is 80.4 cm³/mol. The molecule has 0 bridgehead atoms. The fourth-order valence-electron chi connectivity index (χ4n) is 2.40. The Kier molecular flexibility index (Phi) is 5.09. The van der Waals surface area contributed by atoms with Gasteiger partial charge in [0.15, 0.2) is 0 Å². The van der Waals surface area contributed by atoms with Gasteiger partial charge in [-0.15, -0.1) is 0 Å². The van der Waals surface area contributed by atoms with Gasteiger partial charge in [0.25, 0.3) is 0 Å². The second kappa shape index (κ2) is 7.03. The minimum atomic E-state index is 0.302. The molecule has 1 aromatic carbocycles. The summed E-state index contributed by atoms with van der Waals surface area (Å²) in [6.45, 7) is 2.45. The molecule has 0 saturated carbocycles. The van der Waals surface area contributed by atoms with E-state index in [0.29, 0.717) is 29.6 Å². The van der Waals surface area contributed by atoms with Gasteiger partial charge in [0.1, 0.15) is 5.75 Å². The lowest BCUT2D eigenvalue weighted by molar-refractivity contribution is -0.127. The Morgan fingerprint density at radius 3 is 2.75 bits per heavy atom. The zero-order valence-corrected chi connectivity index (χ0v) is 11.8. The molecule has 0 spiro atoms. The maximum atomic E-state index is 11.4. The van der Waals surface area contributed by atoms with Crippen LogP contribution in [0.15, 0.2) is 18.2 Å². The smallest absolute Gasteiger partial charge is 0.222 e. The third-order valence-corrected chi connectivity index (χ3v) is 3.54.